The summed E-state index contributed by atoms with van der Waals surface area (Å²) in [6, 6.07) is 11.3. The minimum absolute atomic E-state index is 0.0259. The van der Waals surface area contributed by atoms with Crippen molar-refractivity contribution in [2.75, 3.05) is 26.1 Å². The first-order valence-corrected chi connectivity index (χ1v) is 10.2. The van der Waals surface area contributed by atoms with Gasteiger partial charge in [0.15, 0.2) is 11.5 Å². The molecule has 0 saturated carbocycles. The molecule has 0 aliphatic carbocycles. The van der Waals surface area contributed by atoms with E-state index in [0.717, 1.165) is 16.9 Å². The number of hydrogen-bond acceptors (Lipinski definition) is 5. The van der Waals surface area contributed by atoms with Crippen LogP contribution in [0.5, 0.6) is 17.2 Å². The molecule has 1 aliphatic rings. The summed E-state index contributed by atoms with van der Waals surface area (Å²) in [6.45, 7) is 2.97. The molecule has 0 bridgehead atoms. The summed E-state index contributed by atoms with van der Waals surface area (Å²) < 4.78 is 16.5. The van der Waals surface area contributed by atoms with Crippen LogP contribution in [0.1, 0.15) is 24.1 Å². The number of carbonyl (C=O) groups excluding carboxylic acids is 1. The standard InChI is InChI=1S/C20H22ClNO4S/c1-13(15-5-3-4-6-17(15)24-2)22-19(23)12-27-11-14-9-16(21)20-18(10-14)25-7-8-26-20/h3-6,9-10,13H,7-8,11-12H2,1-2H3,(H,22,23). The molecule has 3 rings (SSSR count). The van der Waals surface area contributed by atoms with Crippen molar-refractivity contribution >= 4 is 29.3 Å². The van der Waals surface area contributed by atoms with Crippen LogP contribution in [0, 0.1) is 0 Å². The molecule has 1 atom stereocenters. The normalized spacial score (nSPS) is 13.7. The number of para-hydroxylation sites is 1. The number of methoxy groups -OCH3 is 1. The van der Waals surface area contributed by atoms with Gasteiger partial charge in [-0.1, -0.05) is 29.8 Å². The molecule has 2 aromatic carbocycles. The van der Waals surface area contributed by atoms with Crippen molar-refractivity contribution in [1.82, 2.24) is 5.32 Å². The van der Waals surface area contributed by atoms with Crippen LogP contribution in [0.2, 0.25) is 5.02 Å². The van der Waals surface area contributed by atoms with Gasteiger partial charge in [-0.15, -0.1) is 11.8 Å². The molecule has 5 nitrogen and oxygen atoms in total. The number of carbonyl (C=O) groups is 1. The first-order valence-electron chi connectivity index (χ1n) is 8.66. The van der Waals surface area contributed by atoms with Crippen molar-refractivity contribution in [3.8, 4) is 17.2 Å². The Balaban J connectivity index is 1.52. The van der Waals surface area contributed by atoms with Crippen molar-refractivity contribution in [3.05, 3.63) is 52.5 Å². The molecule has 0 saturated heterocycles. The minimum atomic E-state index is -0.127. The Hall–Kier alpha value is -2.05. The Kier molecular flexibility index (Phi) is 6.74. The van der Waals surface area contributed by atoms with E-state index in [1.165, 1.54) is 11.8 Å². The van der Waals surface area contributed by atoms with E-state index in [1.807, 2.05) is 43.3 Å². The SMILES string of the molecule is COc1ccccc1C(C)NC(=O)CSCc1cc(Cl)c2c(c1)OCCO2. The van der Waals surface area contributed by atoms with Crippen molar-refractivity contribution in [2.24, 2.45) is 0 Å². The Morgan fingerprint density at radius 1 is 1.30 bits per heavy atom. The Morgan fingerprint density at radius 3 is 2.89 bits per heavy atom. The zero-order chi connectivity index (χ0) is 19.2. The van der Waals surface area contributed by atoms with E-state index >= 15 is 0 Å². The van der Waals surface area contributed by atoms with Crippen molar-refractivity contribution < 1.29 is 19.0 Å². The van der Waals surface area contributed by atoms with Gasteiger partial charge in [0.05, 0.1) is 23.9 Å². The fourth-order valence-corrected chi connectivity index (χ4v) is 3.96. The highest BCUT2D eigenvalue weighted by Gasteiger charge is 2.17. The van der Waals surface area contributed by atoms with Gasteiger partial charge in [-0.3, -0.25) is 4.79 Å². The fourth-order valence-electron chi connectivity index (χ4n) is 2.89. The van der Waals surface area contributed by atoms with Crippen LogP contribution in [-0.2, 0) is 10.5 Å². The third-order valence-corrected chi connectivity index (χ3v) is 5.43. The van der Waals surface area contributed by atoms with E-state index in [2.05, 4.69) is 5.32 Å². The van der Waals surface area contributed by atoms with Gasteiger partial charge >= 0.3 is 0 Å². The predicted octanol–water partition coefficient (Wildman–Crippen LogP) is 4.23. The summed E-state index contributed by atoms with van der Waals surface area (Å²) in [4.78, 5) is 12.3. The van der Waals surface area contributed by atoms with E-state index in [4.69, 9.17) is 25.8 Å². The molecule has 1 N–H and O–H groups in total. The van der Waals surface area contributed by atoms with E-state index in [9.17, 15) is 4.79 Å². The second-order valence-corrected chi connectivity index (χ2v) is 7.52. The minimum Gasteiger partial charge on any atom is -0.496 e. The van der Waals surface area contributed by atoms with Gasteiger partial charge in [0.2, 0.25) is 5.91 Å². The van der Waals surface area contributed by atoms with Crippen molar-refractivity contribution in [2.45, 2.75) is 18.7 Å². The van der Waals surface area contributed by atoms with Crippen LogP contribution in [0.4, 0.5) is 0 Å². The molecule has 27 heavy (non-hydrogen) atoms. The van der Waals surface area contributed by atoms with Gasteiger partial charge in [0, 0.05) is 11.3 Å². The van der Waals surface area contributed by atoms with Crippen LogP contribution in [0.15, 0.2) is 36.4 Å². The van der Waals surface area contributed by atoms with Gasteiger partial charge in [-0.2, -0.15) is 0 Å². The van der Waals surface area contributed by atoms with Gasteiger partial charge in [0.1, 0.15) is 19.0 Å². The number of halogens is 1. The van der Waals surface area contributed by atoms with Crippen molar-refractivity contribution in [1.29, 1.82) is 0 Å². The molecule has 1 unspecified atom stereocenters. The smallest absolute Gasteiger partial charge is 0.230 e. The molecule has 1 amide bonds. The number of nitrogens with one attached hydrogen (secondary N) is 1. The third-order valence-electron chi connectivity index (χ3n) is 4.14. The lowest BCUT2D eigenvalue weighted by atomic mass is 10.1. The average molecular weight is 408 g/mol. The zero-order valence-corrected chi connectivity index (χ0v) is 16.9. The van der Waals surface area contributed by atoms with Crippen LogP contribution in [0.3, 0.4) is 0 Å². The lowest BCUT2D eigenvalue weighted by Gasteiger charge is -2.20. The third kappa shape index (κ3) is 5.02. The summed E-state index contributed by atoms with van der Waals surface area (Å²) in [5, 5.41) is 3.55. The van der Waals surface area contributed by atoms with E-state index in [1.54, 1.807) is 7.11 Å². The maximum absolute atomic E-state index is 12.3. The largest absolute Gasteiger partial charge is 0.496 e. The maximum Gasteiger partial charge on any atom is 0.230 e. The number of thioether (sulfide) groups is 1. The predicted molar refractivity (Wildman–Crippen MR) is 108 cm³/mol. The summed E-state index contributed by atoms with van der Waals surface area (Å²) in [5.74, 6) is 3.02. The average Bonchev–Trinajstić information content (AvgIpc) is 2.68. The van der Waals surface area contributed by atoms with Crippen LogP contribution < -0.4 is 19.5 Å². The molecule has 0 spiro atoms. The first kappa shape index (κ1) is 19.7. The first-order chi connectivity index (χ1) is 13.1. The van der Waals surface area contributed by atoms with Crippen LogP contribution >= 0.6 is 23.4 Å². The fraction of sp³-hybridized carbons (Fsp3) is 0.350. The number of rotatable bonds is 7. The van der Waals surface area contributed by atoms with E-state index in [-0.39, 0.29) is 11.9 Å². The van der Waals surface area contributed by atoms with Gasteiger partial charge in [-0.25, -0.2) is 0 Å². The Labute approximate surface area is 168 Å². The molecule has 7 heteroatoms. The lowest BCUT2D eigenvalue weighted by molar-refractivity contribution is -0.119. The number of hydrogen-bond donors (Lipinski definition) is 1. The van der Waals surface area contributed by atoms with E-state index in [0.29, 0.717) is 41.2 Å². The van der Waals surface area contributed by atoms with Crippen molar-refractivity contribution in [3.63, 3.8) is 0 Å². The van der Waals surface area contributed by atoms with Crippen LogP contribution in [0.25, 0.3) is 0 Å². The molecular formula is C20H22ClNO4S. The topological polar surface area (TPSA) is 56.8 Å². The molecule has 1 aliphatic heterocycles. The molecular weight excluding hydrogens is 386 g/mol. The monoisotopic (exact) mass is 407 g/mol. The van der Waals surface area contributed by atoms with Gasteiger partial charge in [-0.05, 0) is 30.7 Å². The Bertz CT molecular complexity index is 815. The molecule has 0 aromatic heterocycles. The van der Waals surface area contributed by atoms with Gasteiger partial charge in [0.25, 0.3) is 0 Å². The van der Waals surface area contributed by atoms with E-state index < -0.39 is 0 Å². The van der Waals surface area contributed by atoms with Crippen LogP contribution in [-0.4, -0.2) is 32.0 Å². The zero-order valence-electron chi connectivity index (χ0n) is 15.3. The lowest BCUT2D eigenvalue weighted by Crippen LogP contribution is -2.28. The highest BCUT2D eigenvalue weighted by atomic mass is 35.5. The number of amides is 1. The second kappa shape index (κ2) is 9.24. The molecule has 0 fully saturated rings. The maximum atomic E-state index is 12.3. The summed E-state index contributed by atoms with van der Waals surface area (Å²) in [7, 11) is 1.63. The molecule has 144 valence electrons. The molecule has 1 heterocycles. The summed E-state index contributed by atoms with van der Waals surface area (Å²) in [5.41, 5.74) is 1.96. The Morgan fingerprint density at radius 2 is 2.07 bits per heavy atom. The molecule has 0 radical (unpaired) electrons. The number of benzene rings is 2. The second-order valence-electron chi connectivity index (χ2n) is 6.13. The quantitative estimate of drug-likeness (QED) is 0.744. The highest BCUT2D eigenvalue weighted by Crippen LogP contribution is 2.39. The van der Waals surface area contributed by atoms with Gasteiger partial charge < -0.3 is 19.5 Å². The summed E-state index contributed by atoms with van der Waals surface area (Å²) >= 11 is 7.77. The highest BCUT2D eigenvalue weighted by molar-refractivity contribution is 7.99. The summed E-state index contributed by atoms with van der Waals surface area (Å²) in [6.07, 6.45) is 0. The number of ether oxygens (including phenoxy) is 3. The molecule has 2 aromatic rings. The number of fused-ring (bicyclic) bond motifs is 1.